The van der Waals surface area contributed by atoms with Gasteiger partial charge in [0.2, 0.25) is 0 Å². The molecule has 0 radical (unpaired) electrons. The zero-order valence-electron chi connectivity index (χ0n) is 12.0. The molecule has 0 fully saturated rings. The molecule has 0 aliphatic carbocycles. The van der Waals surface area contributed by atoms with Crippen LogP contribution >= 0.6 is 15.9 Å². The molecule has 0 aromatic heterocycles. The number of hydrogen-bond acceptors (Lipinski definition) is 2. The molecular weight excluding hydrogens is 324 g/mol. The first-order valence-corrected chi connectivity index (χ1v) is 7.05. The van der Waals surface area contributed by atoms with Gasteiger partial charge in [-0.15, -0.1) is 0 Å². The van der Waals surface area contributed by atoms with Crippen LogP contribution in [-0.2, 0) is 0 Å². The quantitative estimate of drug-likeness (QED) is 0.874. The van der Waals surface area contributed by atoms with Crippen LogP contribution in [0.5, 0.6) is 0 Å². The van der Waals surface area contributed by atoms with Crippen molar-refractivity contribution in [1.29, 1.82) is 0 Å². The van der Waals surface area contributed by atoms with E-state index in [-0.39, 0.29) is 17.1 Å². The monoisotopic (exact) mass is 342 g/mol. The molecule has 1 aromatic rings. The molecule has 0 spiro atoms. The standard InChI is InChI=1S/C14H19BrN2O3/c1-5-14(2,3)17(4)13(20)16-11-7-9(12(18)19)6-10(15)8-11/h6-8H,5H2,1-4H3,(H,16,20)(H,18,19). The average molecular weight is 343 g/mol. The van der Waals surface area contributed by atoms with Gasteiger partial charge in [0.25, 0.3) is 0 Å². The summed E-state index contributed by atoms with van der Waals surface area (Å²) in [5, 5.41) is 11.7. The number of carbonyl (C=O) groups is 2. The number of hydrogen-bond donors (Lipinski definition) is 2. The zero-order valence-corrected chi connectivity index (χ0v) is 13.6. The summed E-state index contributed by atoms with van der Waals surface area (Å²) >= 11 is 3.23. The molecule has 0 saturated carbocycles. The number of halogens is 1. The third kappa shape index (κ3) is 3.96. The van der Waals surface area contributed by atoms with Crippen LogP contribution in [0.4, 0.5) is 10.5 Å². The number of carbonyl (C=O) groups excluding carboxylic acids is 1. The highest BCUT2D eigenvalue weighted by Gasteiger charge is 2.25. The van der Waals surface area contributed by atoms with Crippen LogP contribution in [0.25, 0.3) is 0 Å². The van der Waals surface area contributed by atoms with Gasteiger partial charge in [0.05, 0.1) is 5.56 Å². The lowest BCUT2D eigenvalue weighted by Gasteiger charge is -2.34. The van der Waals surface area contributed by atoms with E-state index in [9.17, 15) is 9.59 Å². The molecule has 0 aliphatic rings. The number of anilines is 1. The van der Waals surface area contributed by atoms with Gasteiger partial charge in [-0.1, -0.05) is 22.9 Å². The summed E-state index contributed by atoms with van der Waals surface area (Å²) < 4.78 is 0.602. The van der Waals surface area contributed by atoms with Crippen molar-refractivity contribution in [2.24, 2.45) is 0 Å². The zero-order chi connectivity index (χ0) is 15.5. The summed E-state index contributed by atoms with van der Waals surface area (Å²) in [4.78, 5) is 24.8. The van der Waals surface area contributed by atoms with Crippen molar-refractivity contribution in [3.63, 3.8) is 0 Å². The van der Waals surface area contributed by atoms with Gasteiger partial charge in [-0.3, -0.25) is 0 Å². The first-order valence-electron chi connectivity index (χ1n) is 6.26. The van der Waals surface area contributed by atoms with E-state index in [2.05, 4.69) is 21.2 Å². The minimum absolute atomic E-state index is 0.118. The van der Waals surface area contributed by atoms with Gasteiger partial charge < -0.3 is 15.3 Å². The highest BCUT2D eigenvalue weighted by Crippen LogP contribution is 2.22. The Morgan fingerprint density at radius 3 is 2.45 bits per heavy atom. The maximum Gasteiger partial charge on any atom is 0.335 e. The van der Waals surface area contributed by atoms with Crippen LogP contribution in [-0.4, -0.2) is 34.6 Å². The van der Waals surface area contributed by atoms with Crippen LogP contribution in [0.3, 0.4) is 0 Å². The molecule has 5 nitrogen and oxygen atoms in total. The fourth-order valence-corrected chi connectivity index (χ4v) is 2.00. The number of carboxylic acids is 1. The Labute approximate surface area is 127 Å². The fraction of sp³-hybridized carbons (Fsp3) is 0.429. The molecule has 0 atom stereocenters. The van der Waals surface area contributed by atoms with Crippen LogP contribution in [0.2, 0.25) is 0 Å². The summed E-state index contributed by atoms with van der Waals surface area (Å²) in [6.45, 7) is 5.94. The molecule has 0 saturated heterocycles. The fourth-order valence-electron chi connectivity index (χ4n) is 1.50. The number of nitrogens with zero attached hydrogens (tertiary/aromatic N) is 1. The lowest BCUT2D eigenvalue weighted by Crippen LogP contribution is -2.46. The Morgan fingerprint density at radius 2 is 1.95 bits per heavy atom. The lowest BCUT2D eigenvalue weighted by molar-refractivity contribution is 0.0696. The highest BCUT2D eigenvalue weighted by atomic mass is 79.9. The van der Waals surface area contributed by atoms with E-state index >= 15 is 0 Å². The number of benzene rings is 1. The maximum absolute atomic E-state index is 12.2. The summed E-state index contributed by atoms with van der Waals surface area (Å²) in [7, 11) is 1.72. The molecule has 1 aromatic carbocycles. The van der Waals surface area contributed by atoms with E-state index < -0.39 is 5.97 Å². The Hall–Kier alpha value is -1.56. The van der Waals surface area contributed by atoms with Crippen molar-refractivity contribution in [3.8, 4) is 0 Å². The van der Waals surface area contributed by atoms with Crippen LogP contribution in [0, 0.1) is 0 Å². The molecule has 2 N–H and O–H groups in total. The second kappa shape index (κ2) is 6.26. The van der Waals surface area contributed by atoms with Crippen molar-refractivity contribution in [1.82, 2.24) is 4.90 Å². The summed E-state index contributed by atoms with van der Waals surface area (Å²) in [5.41, 5.74) is 0.291. The molecule has 20 heavy (non-hydrogen) atoms. The lowest BCUT2D eigenvalue weighted by atomic mass is 10.0. The number of amides is 2. The van der Waals surface area contributed by atoms with E-state index in [1.54, 1.807) is 18.0 Å². The van der Waals surface area contributed by atoms with Crippen molar-refractivity contribution < 1.29 is 14.7 Å². The number of aromatic carboxylic acids is 1. The molecule has 0 bridgehead atoms. The average Bonchev–Trinajstić information content (AvgIpc) is 2.36. The molecule has 0 unspecified atom stereocenters. The summed E-state index contributed by atoms with van der Waals surface area (Å²) in [6, 6.07) is 4.30. The normalized spacial score (nSPS) is 11.1. The van der Waals surface area contributed by atoms with Crippen molar-refractivity contribution in [2.75, 3.05) is 12.4 Å². The van der Waals surface area contributed by atoms with Gasteiger partial charge in [0.15, 0.2) is 0 Å². The Bertz CT molecular complexity index is 529. The number of nitrogens with one attached hydrogen (secondary N) is 1. The van der Waals surface area contributed by atoms with Crippen molar-refractivity contribution >= 4 is 33.6 Å². The van der Waals surface area contributed by atoms with Crippen LogP contribution < -0.4 is 5.32 Å². The van der Waals surface area contributed by atoms with Gasteiger partial charge in [-0.05, 0) is 38.5 Å². The van der Waals surface area contributed by atoms with E-state index in [0.29, 0.717) is 10.2 Å². The van der Waals surface area contributed by atoms with Crippen molar-refractivity contribution in [3.05, 3.63) is 28.2 Å². The third-order valence-electron chi connectivity index (χ3n) is 3.47. The Balaban J connectivity index is 2.94. The highest BCUT2D eigenvalue weighted by molar-refractivity contribution is 9.10. The number of carboxylic acid groups (broad SMARTS) is 1. The maximum atomic E-state index is 12.2. The smallest absolute Gasteiger partial charge is 0.335 e. The molecular formula is C14H19BrN2O3. The van der Waals surface area contributed by atoms with E-state index in [1.807, 2.05) is 20.8 Å². The van der Waals surface area contributed by atoms with E-state index in [4.69, 9.17) is 5.11 Å². The van der Waals surface area contributed by atoms with E-state index in [0.717, 1.165) is 6.42 Å². The molecule has 1 rings (SSSR count). The minimum atomic E-state index is -1.04. The van der Waals surface area contributed by atoms with Crippen molar-refractivity contribution in [2.45, 2.75) is 32.7 Å². The predicted octanol–water partition coefficient (Wildman–Crippen LogP) is 3.80. The first-order chi connectivity index (χ1) is 9.17. The second-order valence-corrected chi connectivity index (χ2v) is 6.10. The van der Waals surface area contributed by atoms with Gasteiger partial charge in [-0.2, -0.15) is 0 Å². The minimum Gasteiger partial charge on any atom is -0.478 e. The molecule has 0 aliphatic heterocycles. The topological polar surface area (TPSA) is 69.6 Å². The largest absolute Gasteiger partial charge is 0.478 e. The second-order valence-electron chi connectivity index (χ2n) is 5.19. The van der Waals surface area contributed by atoms with Crippen LogP contribution in [0.1, 0.15) is 37.6 Å². The van der Waals surface area contributed by atoms with Gasteiger partial charge in [-0.25, -0.2) is 9.59 Å². The number of urea groups is 1. The Kier molecular flexibility index (Phi) is 5.16. The first kappa shape index (κ1) is 16.5. The predicted molar refractivity (Wildman–Crippen MR) is 82.3 cm³/mol. The third-order valence-corrected chi connectivity index (χ3v) is 3.93. The Morgan fingerprint density at radius 1 is 1.35 bits per heavy atom. The summed E-state index contributed by atoms with van der Waals surface area (Å²) in [6.07, 6.45) is 0.815. The molecule has 6 heteroatoms. The molecule has 110 valence electrons. The summed E-state index contributed by atoms with van der Waals surface area (Å²) in [5.74, 6) is -1.04. The molecule has 0 heterocycles. The number of rotatable bonds is 4. The molecule has 2 amide bonds. The van der Waals surface area contributed by atoms with Crippen LogP contribution in [0.15, 0.2) is 22.7 Å². The van der Waals surface area contributed by atoms with Gasteiger partial charge in [0.1, 0.15) is 0 Å². The van der Waals surface area contributed by atoms with Gasteiger partial charge in [0, 0.05) is 22.7 Å². The van der Waals surface area contributed by atoms with E-state index in [1.165, 1.54) is 12.1 Å². The van der Waals surface area contributed by atoms with Gasteiger partial charge >= 0.3 is 12.0 Å². The SMILES string of the molecule is CCC(C)(C)N(C)C(=O)Nc1cc(Br)cc(C(=O)O)c1.